The molecule has 0 radical (unpaired) electrons. The zero-order chi connectivity index (χ0) is 30.8. The van der Waals surface area contributed by atoms with Crippen molar-refractivity contribution in [2.45, 2.75) is 151 Å². The van der Waals surface area contributed by atoms with Crippen molar-refractivity contribution in [1.29, 1.82) is 0 Å². The number of carbonyl (C=O) groups excluding carboxylic acids is 1. The van der Waals surface area contributed by atoms with Gasteiger partial charge in [0.2, 0.25) is 0 Å². The highest BCUT2D eigenvalue weighted by molar-refractivity contribution is 5.73. The van der Waals surface area contributed by atoms with Crippen molar-refractivity contribution in [2.75, 3.05) is 13.6 Å². The van der Waals surface area contributed by atoms with Gasteiger partial charge in [-0.15, -0.1) is 0 Å². The molecule has 0 aliphatic heterocycles. The molecule has 5 nitrogen and oxygen atoms in total. The monoisotopic (exact) mass is 585 g/mol. The van der Waals surface area contributed by atoms with Crippen LogP contribution in [0.4, 0.5) is 0 Å². The predicted molar refractivity (Wildman–Crippen MR) is 169 cm³/mol. The molecule has 42 heavy (non-hydrogen) atoms. The van der Waals surface area contributed by atoms with Crippen molar-refractivity contribution in [2.24, 2.45) is 56.2 Å². The highest BCUT2D eigenvalue weighted by Gasteiger charge is 2.70. The number of carbonyl (C=O) groups is 2. The van der Waals surface area contributed by atoms with Crippen LogP contribution >= 0.6 is 0 Å². The molecule has 2 unspecified atom stereocenters. The van der Waals surface area contributed by atoms with Crippen molar-refractivity contribution in [1.82, 2.24) is 5.32 Å². The third kappa shape index (κ3) is 5.08. The molecule has 5 aliphatic rings. The SMILES string of the molecule is CNCCC[C@]12CCC[C@@H]1[C@H]1CCC3[C@@]4(C)CC[C@H](OC(=O)CC(C)(C)CC(=O)O)C(C)(C)C4CC[C@@]3(C)[C@]1(C)CC2. The van der Waals surface area contributed by atoms with Gasteiger partial charge in [-0.1, -0.05) is 54.9 Å². The lowest BCUT2D eigenvalue weighted by molar-refractivity contribution is -0.249. The Kier molecular flexibility index (Phi) is 8.50. The second kappa shape index (κ2) is 11.1. The number of ether oxygens (including phenoxy) is 1. The molecule has 0 heterocycles. The summed E-state index contributed by atoms with van der Waals surface area (Å²) in [5.74, 6) is 1.98. The zero-order valence-electron chi connectivity index (χ0n) is 28.4. The molecular weight excluding hydrogens is 522 g/mol. The van der Waals surface area contributed by atoms with E-state index in [9.17, 15) is 14.7 Å². The molecule has 2 N–H and O–H groups in total. The van der Waals surface area contributed by atoms with E-state index in [2.05, 4.69) is 47.0 Å². The molecule has 240 valence electrons. The van der Waals surface area contributed by atoms with Gasteiger partial charge in [0.25, 0.3) is 0 Å². The zero-order valence-corrected chi connectivity index (χ0v) is 28.4. The van der Waals surface area contributed by atoms with Crippen LogP contribution in [0.5, 0.6) is 0 Å². The summed E-state index contributed by atoms with van der Waals surface area (Å²) >= 11 is 0. The minimum Gasteiger partial charge on any atom is -0.481 e. The van der Waals surface area contributed by atoms with Crippen LogP contribution in [0.3, 0.4) is 0 Å². The fourth-order valence-corrected chi connectivity index (χ4v) is 13.0. The third-order valence-electron chi connectivity index (χ3n) is 15.1. The number of esters is 1. The predicted octanol–water partition coefficient (Wildman–Crippen LogP) is 8.64. The molecular formula is C37H63NO4. The maximum absolute atomic E-state index is 13.1. The van der Waals surface area contributed by atoms with Crippen LogP contribution in [0, 0.1) is 56.2 Å². The van der Waals surface area contributed by atoms with E-state index in [4.69, 9.17) is 4.74 Å². The molecule has 0 aromatic heterocycles. The lowest BCUT2D eigenvalue weighted by Gasteiger charge is -2.72. The largest absolute Gasteiger partial charge is 0.481 e. The van der Waals surface area contributed by atoms with Crippen LogP contribution in [-0.2, 0) is 14.3 Å². The van der Waals surface area contributed by atoms with E-state index in [1.54, 1.807) is 0 Å². The molecule has 5 aliphatic carbocycles. The smallest absolute Gasteiger partial charge is 0.306 e. The molecule has 0 amide bonds. The molecule has 0 aromatic rings. The quantitative estimate of drug-likeness (QED) is 0.209. The third-order valence-corrected chi connectivity index (χ3v) is 15.1. The summed E-state index contributed by atoms with van der Waals surface area (Å²) in [5, 5.41) is 12.7. The summed E-state index contributed by atoms with van der Waals surface area (Å²) in [6.07, 6.45) is 17.4. The molecule has 5 saturated carbocycles. The highest BCUT2D eigenvalue weighted by Crippen LogP contribution is 2.77. The number of nitrogens with one attached hydrogen (secondary N) is 1. The molecule has 0 aromatic carbocycles. The van der Waals surface area contributed by atoms with Gasteiger partial charge in [0.05, 0.1) is 12.8 Å². The van der Waals surface area contributed by atoms with E-state index in [1.807, 2.05) is 13.8 Å². The molecule has 0 saturated heterocycles. The minimum absolute atomic E-state index is 0.0190. The number of aliphatic carboxylic acids is 1. The van der Waals surface area contributed by atoms with Crippen LogP contribution in [0.25, 0.3) is 0 Å². The van der Waals surface area contributed by atoms with E-state index in [0.717, 1.165) is 37.1 Å². The number of hydrogen-bond acceptors (Lipinski definition) is 4. The van der Waals surface area contributed by atoms with Crippen LogP contribution in [0.15, 0.2) is 0 Å². The van der Waals surface area contributed by atoms with Gasteiger partial charge >= 0.3 is 11.9 Å². The summed E-state index contributed by atoms with van der Waals surface area (Å²) in [4.78, 5) is 24.4. The number of carboxylic acids is 1. The van der Waals surface area contributed by atoms with E-state index in [0.29, 0.717) is 22.2 Å². The first-order chi connectivity index (χ1) is 19.5. The van der Waals surface area contributed by atoms with Gasteiger partial charge in [0.1, 0.15) is 6.10 Å². The van der Waals surface area contributed by atoms with Crippen molar-refractivity contribution < 1.29 is 19.4 Å². The van der Waals surface area contributed by atoms with Gasteiger partial charge in [-0.2, -0.15) is 0 Å². The number of hydrogen-bond donors (Lipinski definition) is 2. The Morgan fingerprint density at radius 2 is 1.57 bits per heavy atom. The average Bonchev–Trinajstić information content (AvgIpc) is 3.29. The van der Waals surface area contributed by atoms with Crippen LogP contribution < -0.4 is 5.32 Å². The molecule has 5 rings (SSSR count). The van der Waals surface area contributed by atoms with Gasteiger partial charge in [-0.25, -0.2) is 0 Å². The second-order valence-corrected chi connectivity index (χ2v) is 18.0. The van der Waals surface area contributed by atoms with Crippen LogP contribution in [0.2, 0.25) is 0 Å². The van der Waals surface area contributed by atoms with Gasteiger partial charge < -0.3 is 15.2 Å². The molecule has 5 fully saturated rings. The first kappa shape index (κ1) is 32.3. The van der Waals surface area contributed by atoms with Crippen molar-refractivity contribution >= 4 is 11.9 Å². The first-order valence-corrected chi connectivity index (χ1v) is 17.6. The molecule has 0 spiro atoms. The van der Waals surface area contributed by atoms with Crippen molar-refractivity contribution in [3.63, 3.8) is 0 Å². The number of rotatable bonds is 9. The van der Waals surface area contributed by atoms with E-state index < -0.39 is 11.4 Å². The van der Waals surface area contributed by atoms with Crippen molar-refractivity contribution in [3.8, 4) is 0 Å². The molecule has 5 heteroatoms. The maximum Gasteiger partial charge on any atom is 0.306 e. The lowest BCUT2D eigenvalue weighted by atomic mass is 9.32. The Bertz CT molecular complexity index is 1040. The highest BCUT2D eigenvalue weighted by atomic mass is 16.5. The topological polar surface area (TPSA) is 75.6 Å². The summed E-state index contributed by atoms with van der Waals surface area (Å²) in [7, 11) is 2.10. The summed E-state index contributed by atoms with van der Waals surface area (Å²) in [5.41, 5.74) is 0.997. The van der Waals surface area contributed by atoms with Gasteiger partial charge in [-0.05, 0) is 141 Å². The van der Waals surface area contributed by atoms with Crippen LogP contribution in [-0.4, -0.2) is 36.7 Å². The van der Waals surface area contributed by atoms with Gasteiger partial charge in [0.15, 0.2) is 0 Å². The fourth-order valence-electron chi connectivity index (χ4n) is 13.0. The Labute approximate surface area is 257 Å². The Hall–Kier alpha value is -1.10. The molecule has 9 atom stereocenters. The van der Waals surface area contributed by atoms with E-state index in [1.165, 1.54) is 70.6 Å². The Morgan fingerprint density at radius 3 is 2.26 bits per heavy atom. The van der Waals surface area contributed by atoms with Crippen molar-refractivity contribution in [3.05, 3.63) is 0 Å². The fraction of sp³-hybridized carbons (Fsp3) is 0.946. The minimum atomic E-state index is -0.861. The first-order valence-electron chi connectivity index (χ1n) is 17.6. The summed E-state index contributed by atoms with van der Waals surface area (Å²) in [6, 6.07) is 0. The molecule has 0 bridgehead atoms. The number of fused-ring (bicyclic) bond motifs is 7. The van der Waals surface area contributed by atoms with E-state index >= 15 is 0 Å². The summed E-state index contributed by atoms with van der Waals surface area (Å²) in [6.45, 7) is 17.7. The van der Waals surface area contributed by atoms with Gasteiger partial charge in [0, 0.05) is 5.41 Å². The normalized spacial score (nSPS) is 44.3. The summed E-state index contributed by atoms with van der Waals surface area (Å²) < 4.78 is 6.25. The van der Waals surface area contributed by atoms with E-state index in [-0.39, 0.29) is 35.7 Å². The maximum atomic E-state index is 13.1. The van der Waals surface area contributed by atoms with Gasteiger partial charge in [-0.3, -0.25) is 9.59 Å². The second-order valence-electron chi connectivity index (χ2n) is 18.0. The Morgan fingerprint density at radius 1 is 0.833 bits per heavy atom. The Balaban J connectivity index is 1.34. The number of carboxylic acid groups (broad SMARTS) is 1. The lowest BCUT2D eigenvalue weighted by Crippen LogP contribution is -2.66. The standard InChI is InChI=1S/C37H63NO4/c1-32(2,23-30(39)40)24-31(41)42-29-15-18-34(5)27(33(29,3)4)14-19-36(7)28(34)13-12-25-26-11-9-16-37(26,17-10-22-38-8)21-20-35(25,36)6/h25-29,38H,9-24H2,1-8H3,(H,39,40)/t25-,26-,27?,28?,29+,34+,35-,36-,37+/m1/s1. The van der Waals surface area contributed by atoms with Crippen LogP contribution in [0.1, 0.15) is 145 Å². The average molecular weight is 586 g/mol.